The summed E-state index contributed by atoms with van der Waals surface area (Å²) in [6.45, 7) is 0. The maximum Gasteiger partial charge on any atom is 0.0668 e. The molecule has 1 aromatic rings. The molecule has 1 aliphatic rings. The fourth-order valence-electron chi connectivity index (χ4n) is 0.949. The minimum atomic E-state index is 0.0708. The molecule has 2 rings (SSSR count). The zero-order valence-electron chi connectivity index (χ0n) is 6.29. The Balaban J connectivity index is 2.07. The van der Waals surface area contributed by atoms with Gasteiger partial charge in [0, 0.05) is 4.90 Å². The maximum atomic E-state index is 5.94. The lowest BCUT2D eigenvalue weighted by molar-refractivity contribution is 0.981. The lowest BCUT2D eigenvalue weighted by Gasteiger charge is -2.06. The number of hydrogen-bond acceptors (Lipinski definition) is 2. The van der Waals surface area contributed by atoms with Gasteiger partial charge in [0.1, 0.15) is 0 Å². The molecule has 2 heteroatoms. The molecule has 2 N–H and O–H groups in total. The number of thioether (sulfide) groups is 1. The summed E-state index contributed by atoms with van der Waals surface area (Å²) in [6.07, 6.45) is 2.32. The van der Waals surface area contributed by atoms with Gasteiger partial charge in [-0.1, -0.05) is 18.2 Å². The lowest BCUT2D eigenvalue weighted by Crippen LogP contribution is -2.15. The number of nitrogens with two attached hydrogens (primary N) is 1. The van der Waals surface area contributed by atoms with E-state index in [9.17, 15) is 0 Å². The zero-order chi connectivity index (χ0) is 7.73. The van der Waals surface area contributed by atoms with Crippen LogP contribution in [0.25, 0.3) is 0 Å². The summed E-state index contributed by atoms with van der Waals surface area (Å²) in [4.78, 5) is 1.36. The molecule has 11 heavy (non-hydrogen) atoms. The Morgan fingerprint density at radius 3 is 2.36 bits per heavy atom. The summed E-state index contributed by atoms with van der Waals surface area (Å²) in [7, 11) is 0. The third kappa shape index (κ3) is 1.76. The van der Waals surface area contributed by atoms with E-state index in [1.54, 1.807) is 11.8 Å². The first-order chi connectivity index (χ1) is 5.29. The van der Waals surface area contributed by atoms with Gasteiger partial charge in [0.25, 0.3) is 0 Å². The van der Waals surface area contributed by atoms with E-state index in [-0.39, 0.29) is 4.87 Å². The Morgan fingerprint density at radius 1 is 1.18 bits per heavy atom. The largest absolute Gasteiger partial charge is 0.317 e. The van der Waals surface area contributed by atoms with Crippen LogP contribution in [0.15, 0.2) is 35.2 Å². The molecule has 1 fully saturated rings. The van der Waals surface area contributed by atoms with Gasteiger partial charge in [-0.25, -0.2) is 0 Å². The van der Waals surface area contributed by atoms with E-state index in [2.05, 4.69) is 12.1 Å². The fourth-order valence-corrected chi connectivity index (χ4v) is 2.02. The van der Waals surface area contributed by atoms with Crippen molar-refractivity contribution >= 4 is 11.8 Å². The first-order valence-electron chi connectivity index (χ1n) is 3.81. The van der Waals surface area contributed by atoms with Gasteiger partial charge in [-0.2, -0.15) is 0 Å². The normalized spacial score (nSPS) is 19.7. The molecule has 0 saturated heterocycles. The number of rotatable bonds is 2. The van der Waals surface area contributed by atoms with E-state index in [1.807, 2.05) is 18.2 Å². The van der Waals surface area contributed by atoms with E-state index in [0.29, 0.717) is 0 Å². The monoisotopic (exact) mass is 165 g/mol. The minimum Gasteiger partial charge on any atom is -0.317 e. The first kappa shape index (κ1) is 7.19. The number of benzene rings is 1. The van der Waals surface area contributed by atoms with Crippen LogP contribution in [-0.4, -0.2) is 4.87 Å². The van der Waals surface area contributed by atoms with Crippen molar-refractivity contribution in [3.8, 4) is 0 Å². The predicted octanol–water partition coefficient (Wildman–Crippen LogP) is 2.23. The topological polar surface area (TPSA) is 26.0 Å². The highest BCUT2D eigenvalue weighted by Crippen LogP contribution is 2.46. The van der Waals surface area contributed by atoms with Crippen LogP contribution in [0, 0.1) is 0 Å². The number of hydrogen-bond donors (Lipinski definition) is 1. The second-order valence-corrected chi connectivity index (χ2v) is 4.47. The third-order valence-electron chi connectivity index (χ3n) is 1.81. The molecule has 0 heterocycles. The van der Waals surface area contributed by atoms with Crippen molar-refractivity contribution in [2.24, 2.45) is 5.73 Å². The molecule has 0 atom stereocenters. The highest BCUT2D eigenvalue weighted by atomic mass is 32.2. The summed E-state index contributed by atoms with van der Waals surface area (Å²) in [6, 6.07) is 10.3. The SMILES string of the molecule is NC1(Sc2ccccc2)CC1. The van der Waals surface area contributed by atoms with Crippen molar-refractivity contribution in [1.82, 2.24) is 0 Å². The quantitative estimate of drug-likeness (QED) is 0.680. The Morgan fingerprint density at radius 2 is 1.82 bits per heavy atom. The van der Waals surface area contributed by atoms with Crippen LogP contribution in [-0.2, 0) is 0 Å². The van der Waals surface area contributed by atoms with Gasteiger partial charge in [-0.3, -0.25) is 0 Å². The van der Waals surface area contributed by atoms with Crippen molar-refractivity contribution in [1.29, 1.82) is 0 Å². The Bertz CT molecular complexity index is 241. The standard InChI is InChI=1S/C9H11NS/c10-9(6-7-9)11-8-4-2-1-3-5-8/h1-5H,6-7,10H2. The van der Waals surface area contributed by atoms with Crippen molar-refractivity contribution < 1.29 is 0 Å². The van der Waals surface area contributed by atoms with Crippen LogP contribution in [0.4, 0.5) is 0 Å². The van der Waals surface area contributed by atoms with E-state index in [0.717, 1.165) is 12.8 Å². The molecule has 0 amide bonds. The van der Waals surface area contributed by atoms with E-state index in [4.69, 9.17) is 5.73 Å². The second kappa shape index (κ2) is 2.54. The molecular formula is C9H11NS. The van der Waals surface area contributed by atoms with Crippen LogP contribution in [0.3, 0.4) is 0 Å². The summed E-state index contributed by atoms with van der Waals surface area (Å²) in [5, 5.41) is 0. The highest BCUT2D eigenvalue weighted by molar-refractivity contribution is 8.01. The van der Waals surface area contributed by atoms with Crippen molar-refractivity contribution in [3.63, 3.8) is 0 Å². The minimum absolute atomic E-state index is 0.0708. The van der Waals surface area contributed by atoms with Gasteiger partial charge in [0.2, 0.25) is 0 Å². The second-order valence-electron chi connectivity index (χ2n) is 2.98. The molecule has 1 aliphatic carbocycles. The predicted molar refractivity (Wildman–Crippen MR) is 48.5 cm³/mol. The molecule has 1 nitrogen and oxygen atoms in total. The summed E-state index contributed by atoms with van der Waals surface area (Å²) >= 11 is 1.79. The lowest BCUT2D eigenvalue weighted by atomic mass is 10.4. The van der Waals surface area contributed by atoms with Crippen LogP contribution >= 0.6 is 11.8 Å². The third-order valence-corrected chi connectivity index (χ3v) is 3.13. The van der Waals surface area contributed by atoms with Crippen molar-refractivity contribution in [2.75, 3.05) is 0 Å². The van der Waals surface area contributed by atoms with Crippen molar-refractivity contribution in [3.05, 3.63) is 30.3 Å². The van der Waals surface area contributed by atoms with Gasteiger partial charge >= 0.3 is 0 Å². The molecular weight excluding hydrogens is 154 g/mol. The fraction of sp³-hybridized carbons (Fsp3) is 0.333. The van der Waals surface area contributed by atoms with Gasteiger partial charge in [0.15, 0.2) is 0 Å². The van der Waals surface area contributed by atoms with Gasteiger partial charge in [0.05, 0.1) is 4.87 Å². The Hall–Kier alpha value is -0.470. The van der Waals surface area contributed by atoms with Crippen LogP contribution in [0.5, 0.6) is 0 Å². The molecule has 1 aromatic carbocycles. The van der Waals surface area contributed by atoms with E-state index in [1.165, 1.54) is 4.90 Å². The van der Waals surface area contributed by atoms with Crippen LogP contribution in [0.2, 0.25) is 0 Å². The van der Waals surface area contributed by atoms with Gasteiger partial charge < -0.3 is 5.73 Å². The Labute approximate surface area is 71.0 Å². The highest BCUT2D eigenvalue weighted by Gasteiger charge is 2.39. The average molecular weight is 165 g/mol. The molecule has 58 valence electrons. The smallest absolute Gasteiger partial charge is 0.0668 e. The first-order valence-corrected chi connectivity index (χ1v) is 4.63. The molecule has 0 spiro atoms. The molecule has 0 aliphatic heterocycles. The summed E-state index contributed by atoms with van der Waals surface area (Å²) in [5.41, 5.74) is 5.94. The molecule has 0 radical (unpaired) electrons. The van der Waals surface area contributed by atoms with E-state index >= 15 is 0 Å². The molecule has 0 unspecified atom stereocenters. The molecule has 0 aromatic heterocycles. The molecule has 0 bridgehead atoms. The Kier molecular flexibility index (Phi) is 1.66. The van der Waals surface area contributed by atoms with Crippen molar-refractivity contribution in [2.45, 2.75) is 22.6 Å². The maximum absolute atomic E-state index is 5.94. The van der Waals surface area contributed by atoms with Crippen LogP contribution in [0.1, 0.15) is 12.8 Å². The molecule has 1 saturated carbocycles. The summed E-state index contributed by atoms with van der Waals surface area (Å²) < 4.78 is 0. The van der Waals surface area contributed by atoms with Gasteiger partial charge in [-0.15, -0.1) is 11.8 Å². The van der Waals surface area contributed by atoms with E-state index < -0.39 is 0 Å². The summed E-state index contributed by atoms with van der Waals surface area (Å²) in [5.74, 6) is 0. The average Bonchev–Trinajstić information content (AvgIpc) is 2.70. The van der Waals surface area contributed by atoms with Crippen LogP contribution < -0.4 is 5.73 Å². The zero-order valence-corrected chi connectivity index (χ0v) is 7.10. The van der Waals surface area contributed by atoms with Gasteiger partial charge in [-0.05, 0) is 25.0 Å².